The molecule has 0 aromatic rings. The van der Waals surface area contributed by atoms with Crippen molar-refractivity contribution in [3.8, 4) is 0 Å². The van der Waals surface area contributed by atoms with Gasteiger partial charge in [-0.15, -0.1) is 0 Å². The van der Waals surface area contributed by atoms with E-state index in [0.717, 1.165) is 6.61 Å². The molecule has 1 heterocycles. The second kappa shape index (κ2) is 1.79. The minimum atomic E-state index is 0.692. The van der Waals surface area contributed by atoms with E-state index in [0.29, 0.717) is 5.92 Å². The maximum absolute atomic E-state index is 5.58. The van der Waals surface area contributed by atoms with Gasteiger partial charge in [0.05, 0.1) is 6.61 Å². The first-order valence-corrected chi connectivity index (χ1v) is 4.21. The molecule has 1 atom stereocenters. The van der Waals surface area contributed by atoms with Crippen molar-refractivity contribution in [2.45, 2.75) is 12.8 Å². The predicted molar refractivity (Wildman–Crippen MR) is 42.9 cm³/mol. The largest absolute Gasteiger partial charge is 0.497 e. The van der Waals surface area contributed by atoms with E-state index in [1.807, 2.05) is 0 Å². The topological polar surface area (TPSA) is 9.23 Å². The van der Waals surface area contributed by atoms with Gasteiger partial charge in [0.1, 0.15) is 5.76 Å². The zero-order chi connectivity index (χ0) is 7.26. The molecule has 1 fully saturated rings. The van der Waals surface area contributed by atoms with Gasteiger partial charge in [-0.05, 0) is 24.5 Å². The highest BCUT2D eigenvalue weighted by Crippen LogP contribution is 2.43. The van der Waals surface area contributed by atoms with Crippen LogP contribution in [-0.2, 0) is 4.74 Å². The van der Waals surface area contributed by atoms with E-state index < -0.39 is 0 Å². The van der Waals surface area contributed by atoms with Crippen molar-refractivity contribution in [1.29, 1.82) is 0 Å². The molecule has 2 aliphatic carbocycles. The second-order valence-corrected chi connectivity index (χ2v) is 3.35. The molecule has 0 radical (unpaired) electrons. The van der Waals surface area contributed by atoms with Crippen molar-refractivity contribution >= 4 is 0 Å². The third-order valence-corrected chi connectivity index (χ3v) is 2.61. The zero-order valence-electron chi connectivity index (χ0n) is 6.34. The van der Waals surface area contributed by atoms with E-state index in [1.165, 1.54) is 29.7 Å². The summed E-state index contributed by atoms with van der Waals surface area (Å²) in [5.41, 5.74) is 2.78. The molecule has 1 saturated heterocycles. The van der Waals surface area contributed by atoms with E-state index in [9.17, 15) is 0 Å². The minimum absolute atomic E-state index is 0.692. The van der Waals surface area contributed by atoms with Crippen LogP contribution in [0.25, 0.3) is 0 Å². The van der Waals surface area contributed by atoms with Gasteiger partial charge in [-0.3, -0.25) is 0 Å². The molecule has 0 saturated carbocycles. The molecule has 56 valence electrons. The molecule has 3 aliphatic rings. The predicted octanol–water partition coefficient (Wildman–Crippen LogP) is 2.18. The van der Waals surface area contributed by atoms with Crippen LogP contribution in [0.1, 0.15) is 12.8 Å². The molecule has 0 aromatic heterocycles. The molecule has 0 N–H and O–H groups in total. The summed E-state index contributed by atoms with van der Waals surface area (Å²) in [7, 11) is 0. The van der Waals surface area contributed by atoms with Gasteiger partial charge < -0.3 is 4.74 Å². The van der Waals surface area contributed by atoms with Crippen LogP contribution in [0.15, 0.2) is 35.1 Å². The van der Waals surface area contributed by atoms with Crippen LogP contribution in [0.4, 0.5) is 0 Å². The van der Waals surface area contributed by atoms with Crippen LogP contribution >= 0.6 is 0 Å². The van der Waals surface area contributed by atoms with Crippen LogP contribution in [-0.4, -0.2) is 6.61 Å². The highest BCUT2D eigenvalue weighted by atomic mass is 16.5. The Morgan fingerprint density at radius 2 is 2.45 bits per heavy atom. The molecule has 0 bridgehead atoms. The van der Waals surface area contributed by atoms with Crippen molar-refractivity contribution in [3.63, 3.8) is 0 Å². The molecule has 3 rings (SSSR count). The quantitative estimate of drug-likeness (QED) is 0.509. The summed E-state index contributed by atoms with van der Waals surface area (Å²) in [5.74, 6) is 1.96. The van der Waals surface area contributed by atoms with Gasteiger partial charge in [-0.25, -0.2) is 0 Å². The molecule has 1 aliphatic heterocycles. The van der Waals surface area contributed by atoms with Gasteiger partial charge in [0, 0.05) is 11.5 Å². The summed E-state index contributed by atoms with van der Waals surface area (Å²) in [6, 6.07) is 0. The van der Waals surface area contributed by atoms with Crippen molar-refractivity contribution in [2.75, 3.05) is 6.61 Å². The summed E-state index contributed by atoms with van der Waals surface area (Å²) in [6.45, 7) is 0.929. The van der Waals surface area contributed by atoms with Gasteiger partial charge >= 0.3 is 0 Å². The minimum Gasteiger partial charge on any atom is -0.497 e. The Kier molecular flexibility index (Phi) is 0.916. The van der Waals surface area contributed by atoms with E-state index in [-0.39, 0.29) is 0 Å². The lowest BCUT2D eigenvalue weighted by molar-refractivity contribution is 0.258. The molecule has 1 heteroatoms. The molecular formula is C10H10O. The van der Waals surface area contributed by atoms with Crippen LogP contribution < -0.4 is 0 Å². The van der Waals surface area contributed by atoms with Crippen molar-refractivity contribution in [1.82, 2.24) is 0 Å². The molecule has 11 heavy (non-hydrogen) atoms. The zero-order valence-corrected chi connectivity index (χ0v) is 6.34. The molecule has 1 nitrogen and oxygen atoms in total. The van der Waals surface area contributed by atoms with Gasteiger partial charge in [-0.1, -0.05) is 12.2 Å². The lowest BCUT2D eigenvalue weighted by atomic mass is 10.0. The number of allylic oxidation sites excluding steroid dienone is 6. The summed E-state index contributed by atoms with van der Waals surface area (Å²) < 4.78 is 5.58. The van der Waals surface area contributed by atoms with Gasteiger partial charge in [0.25, 0.3) is 0 Å². The van der Waals surface area contributed by atoms with E-state index in [2.05, 4.69) is 18.2 Å². The fourth-order valence-corrected chi connectivity index (χ4v) is 1.91. The van der Waals surface area contributed by atoms with Crippen LogP contribution in [0, 0.1) is 5.92 Å². The Morgan fingerprint density at radius 3 is 3.45 bits per heavy atom. The fraction of sp³-hybridized carbons (Fsp3) is 0.400. The molecular weight excluding hydrogens is 136 g/mol. The summed E-state index contributed by atoms with van der Waals surface area (Å²) in [4.78, 5) is 0. The van der Waals surface area contributed by atoms with Gasteiger partial charge in [-0.2, -0.15) is 0 Å². The first-order chi connectivity index (χ1) is 5.45. The second-order valence-electron chi connectivity index (χ2n) is 3.35. The summed E-state index contributed by atoms with van der Waals surface area (Å²) in [5, 5.41) is 0. The van der Waals surface area contributed by atoms with E-state index >= 15 is 0 Å². The normalized spacial score (nSPS) is 32.0. The number of ether oxygens (including phenoxy) is 1. The maximum atomic E-state index is 5.58. The summed E-state index contributed by atoms with van der Waals surface area (Å²) >= 11 is 0. The van der Waals surface area contributed by atoms with Crippen molar-refractivity contribution in [2.24, 2.45) is 5.92 Å². The fourth-order valence-electron chi connectivity index (χ4n) is 1.91. The molecule has 0 spiro atoms. The third-order valence-electron chi connectivity index (χ3n) is 2.61. The van der Waals surface area contributed by atoms with Crippen LogP contribution in [0.5, 0.6) is 0 Å². The summed E-state index contributed by atoms with van der Waals surface area (Å²) in [6.07, 6.45) is 9.08. The smallest absolute Gasteiger partial charge is 0.107 e. The average molecular weight is 146 g/mol. The Labute approximate surface area is 66.1 Å². The van der Waals surface area contributed by atoms with Crippen LogP contribution in [0.2, 0.25) is 0 Å². The average Bonchev–Trinajstić information content (AvgIpc) is 2.65. The molecule has 1 unspecified atom stereocenters. The Bertz CT molecular complexity index is 294. The third kappa shape index (κ3) is 0.710. The number of hydrogen-bond acceptors (Lipinski definition) is 1. The molecule has 0 amide bonds. The Balaban J connectivity index is 2.05. The van der Waals surface area contributed by atoms with Crippen LogP contribution in [0.3, 0.4) is 0 Å². The first kappa shape index (κ1) is 5.64. The first-order valence-electron chi connectivity index (χ1n) is 4.21. The standard InChI is InChI=1S/C10H10O/c1-2-7-4-5-11-10(7)9-6-8(9)3-1/h1,3,6-7H,2,4-5H2. The van der Waals surface area contributed by atoms with Crippen molar-refractivity contribution < 1.29 is 4.74 Å². The van der Waals surface area contributed by atoms with Crippen molar-refractivity contribution in [3.05, 3.63) is 35.1 Å². The number of fused-ring (bicyclic) bond motifs is 2. The lowest BCUT2D eigenvalue weighted by Crippen LogP contribution is -1.94. The lowest BCUT2D eigenvalue weighted by Gasteiger charge is -2.04. The highest BCUT2D eigenvalue weighted by molar-refractivity contribution is 5.65. The Morgan fingerprint density at radius 1 is 1.45 bits per heavy atom. The van der Waals surface area contributed by atoms with Gasteiger partial charge in [0.15, 0.2) is 0 Å². The van der Waals surface area contributed by atoms with E-state index in [4.69, 9.17) is 4.74 Å². The SMILES string of the molecule is C1=CC2=CC2=C2OCCC2C1. The van der Waals surface area contributed by atoms with E-state index in [1.54, 1.807) is 0 Å². The highest BCUT2D eigenvalue weighted by Gasteiger charge is 2.31. The molecule has 0 aromatic carbocycles. The maximum Gasteiger partial charge on any atom is 0.107 e. The number of hydrogen-bond donors (Lipinski definition) is 0. The monoisotopic (exact) mass is 146 g/mol. The number of rotatable bonds is 0. The van der Waals surface area contributed by atoms with Gasteiger partial charge in [0.2, 0.25) is 0 Å². The Hall–Kier alpha value is -0.980.